The van der Waals surface area contributed by atoms with Gasteiger partial charge in [-0.15, -0.1) is 0 Å². The Bertz CT molecular complexity index is 876. The summed E-state index contributed by atoms with van der Waals surface area (Å²) in [6.45, 7) is 1.59. The molecular formula is C14H13BN4O3. The summed E-state index contributed by atoms with van der Waals surface area (Å²) in [5, 5.41) is 2.37. The van der Waals surface area contributed by atoms with Gasteiger partial charge < -0.3 is 5.73 Å². The van der Waals surface area contributed by atoms with Gasteiger partial charge in [-0.2, -0.15) is 0 Å². The van der Waals surface area contributed by atoms with Crippen molar-refractivity contribution in [1.82, 2.24) is 14.9 Å². The second-order valence-corrected chi connectivity index (χ2v) is 5.34. The van der Waals surface area contributed by atoms with Gasteiger partial charge in [0.1, 0.15) is 13.7 Å². The molecule has 1 fully saturated rings. The van der Waals surface area contributed by atoms with Gasteiger partial charge in [0.2, 0.25) is 11.8 Å². The lowest BCUT2D eigenvalue weighted by atomic mass is 9.71. The lowest BCUT2D eigenvalue weighted by Crippen LogP contribution is -2.58. The van der Waals surface area contributed by atoms with Crippen LogP contribution in [-0.4, -0.2) is 29.2 Å². The highest BCUT2D eigenvalue weighted by molar-refractivity contribution is 6.28. The van der Waals surface area contributed by atoms with Gasteiger partial charge in [-0.25, -0.2) is 4.98 Å². The van der Waals surface area contributed by atoms with Gasteiger partial charge in [-0.1, -0.05) is 6.07 Å². The molecule has 7 nitrogen and oxygen atoms in total. The highest BCUT2D eigenvalue weighted by Crippen LogP contribution is 2.25. The average Bonchev–Trinajstić information content (AvgIpc) is 2.43. The zero-order valence-corrected chi connectivity index (χ0v) is 11.9. The number of aromatic nitrogens is 2. The van der Waals surface area contributed by atoms with Crippen LogP contribution in [0.3, 0.4) is 0 Å². The number of imide groups is 1. The number of fused-ring (bicyclic) bond motifs is 1. The van der Waals surface area contributed by atoms with Crippen molar-refractivity contribution >= 4 is 36.3 Å². The monoisotopic (exact) mass is 296 g/mol. The van der Waals surface area contributed by atoms with E-state index in [9.17, 15) is 14.4 Å². The van der Waals surface area contributed by atoms with Crippen molar-refractivity contribution in [3.63, 3.8) is 0 Å². The third-order valence-corrected chi connectivity index (χ3v) is 3.88. The number of hydrogen-bond donors (Lipinski definition) is 2. The molecule has 1 atom stereocenters. The van der Waals surface area contributed by atoms with E-state index in [4.69, 9.17) is 13.6 Å². The molecule has 2 amide bonds. The van der Waals surface area contributed by atoms with Crippen LogP contribution in [0.25, 0.3) is 10.9 Å². The second-order valence-electron chi connectivity index (χ2n) is 5.34. The Morgan fingerprint density at radius 2 is 2.09 bits per heavy atom. The molecule has 1 saturated heterocycles. The van der Waals surface area contributed by atoms with Crippen LogP contribution in [0.4, 0.5) is 5.69 Å². The number of carbonyl (C=O) groups excluding carboxylic acids is 2. The summed E-state index contributed by atoms with van der Waals surface area (Å²) in [6, 6.07) is 4.94. The molecule has 0 spiro atoms. The number of aryl methyl sites for hydroxylation is 1. The maximum atomic E-state index is 12.8. The van der Waals surface area contributed by atoms with E-state index in [1.165, 1.54) is 0 Å². The summed E-state index contributed by atoms with van der Waals surface area (Å²) in [6.07, 6.45) is 0.0781. The molecule has 1 aromatic carbocycles. The van der Waals surface area contributed by atoms with Crippen LogP contribution in [0, 0.1) is 6.92 Å². The Hall–Kier alpha value is -2.64. The van der Waals surface area contributed by atoms with E-state index in [2.05, 4.69) is 10.3 Å². The largest absolute Gasteiger partial charge is 0.398 e. The number of amides is 2. The van der Waals surface area contributed by atoms with Crippen LogP contribution < -0.4 is 16.6 Å². The van der Waals surface area contributed by atoms with Crippen molar-refractivity contribution in [1.29, 1.82) is 0 Å². The standard InChI is InChI=1S/C14H13BN4O3/c1-7-17-9-4-2-3-8(16)11(9)12(21)19(7)14(15)6-5-10(20)18-13(14)22/h2-4H,5-6,16H2,1H3,(H,18,20,22)/t14-/m1/s1. The molecule has 3 rings (SSSR count). The summed E-state index contributed by atoms with van der Waals surface area (Å²) in [7, 11) is 6.15. The van der Waals surface area contributed by atoms with Crippen LogP contribution in [0.15, 0.2) is 23.0 Å². The number of nitrogens with two attached hydrogens (primary N) is 1. The van der Waals surface area contributed by atoms with E-state index >= 15 is 0 Å². The zero-order valence-electron chi connectivity index (χ0n) is 11.9. The van der Waals surface area contributed by atoms with Crippen LogP contribution in [-0.2, 0) is 15.0 Å². The van der Waals surface area contributed by atoms with Gasteiger partial charge in [0.25, 0.3) is 5.56 Å². The maximum absolute atomic E-state index is 12.8. The number of rotatable bonds is 1. The fraction of sp³-hybridized carbons (Fsp3) is 0.286. The van der Waals surface area contributed by atoms with E-state index in [-0.39, 0.29) is 29.7 Å². The normalized spacial score (nSPS) is 21.9. The summed E-state index contributed by atoms with van der Waals surface area (Å²) in [5.41, 5.74) is 4.41. The zero-order chi connectivity index (χ0) is 16.1. The van der Waals surface area contributed by atoms with Gasteiger partial charge >= 0.3 is 0 Å². The summed E-state index contributed by atoms with van der Waals surface area (Å²) < 4.78 is 1.12. The van der Waals surface area contributed by atoms with Crippen LogP contribution >= 0.6 is 0 Å². The molecule has 1 aliphatic heterocycles. The van der Waals surface area contributed by atoms with Crippen molar-refractivity contribution in [2.75, 3.05) is 5.73 Å². The number of nitrogens with one attached hydrogen (secondary N) is 1. The van der Waals surface area contributed by atoms with Crippen molar-refractivity contribution in [2.45, 2.75) is 25.2 Å². The highest BCUT2D eigenvalue weighted by atomic mass is 16.2. The lowest BCUT2D eigenvalue weighted by molar-refractivity contribution is -0.137. The predicted molar refractivity (Wildman–Crippen MR) is 81.3 cm³/mol. The topological polar surface area (TPSA) is 107 Å². The number of piperidine rings is 1. The number of nitrogen functional groups attached to an aromatic ring is 1. The Kier molecular flexibility index (Phi) is 3.05. The van der Waals surface area contributed by atoms with Gasteiger partial charge in [0.15, 0.2) is 0 Å². The van der Waals surface area contributed by atoms with E-state index < -0.39 is 22.8 Å². The maximum Gasteiger partial charge on any atom is 0.263 e. The smallest absolute Gasteiger partial charge is 0.263 e. The molecule has 2 radical (unpaired) electrons. The number of carbonyl (C=O) groups is 2. The second kappa shape index (κ2) is 4.69. The molecule has 22 heavy (non-hydrogen) atoms. The molecular weight excluding hydrogens is 283 g/mol. The SMILES string of the molecule is [B][C@@]1(n2c(C)nc3cccc(N)c3c2=O)CCC(=O)NC1=O. The van der Waals surface area contributed by atoms with Crippen molar-refractivity contribution in [3.8, 4) is 0 Å². The Labute approximate surface area is 126 Å². The first kappa shape index (κ1) is 14.3. The molecule has 0 saturated carbocycles. The number of anilines is 1. The fourth-order valence-electron chi connectivity index (χ4n) is 2.77. The van der Waals surface area contributed by atoms with Gasteiger partial charge in [0, 0.05) is 12.1 Å². The third kappa shape index (κ3) is 1.91. The Morgan fingerprint density at radius 3 is 2.77 bits per heavy atom. The first-order chi connectivity index (χ1) is 10.3. The van der Waals surface area contributed by atoms with E-state index in [1.807, 2.05) is 0 Å². The van der Waals surface area contributed by atoms with E-state index in [1.54, 1.807) is 25.1 Å². The van der Waals surface area contributed by atoms with Crippen LogP contribution in [0.5, 0.6) is 0 Å². The van der Waals surface area contributed by atoms with Crippen LogP contribution in [0.1, 0.15) is 18.7 Å². The predicted octanol–water partition coefficient (Wildman–Crippen LogP) is -0.455. The summed E-state index contributed by atoms with van der Waals surface area (Å²) >= 11 is 0. The highest BCUT2D eigenvalue weighted by Gasteiger charge is 2.41. The first-order valence-electron chi connectivity index (χ1n) is 6.76. The molecule has 2 aromatic rings. The third-order valence-electron chi connectivity index (χ3n) is 3.88. The van der Waals surface area contributed by atoms with Crippen LogP contribution in [0.2, 0.25) is 0 Å². The van der Waals surface area contributed by atoms with Gasteiger partial charge in [-0.3, -0.25) is 24.3 Å². The number of hydrogen-bond acceptors (Lipinski definition) is 5. The summed E-state index contributed by atoms with van der Waals surface area (Å²) in [5.74, 6) is -0.843. The molecule has 0 aliphatic carbocycles. The molecule has 110 valence electrons. The lowest BCUT2D eigenvalue weighted by Gasteiger charge is -2.35. The minimum Gasteiger partial charge on any atom is -0.398 e. The van der Waals surface area contributed by atoms with Crippen molar-refractivity contribution in [3.05, 3.63) is 34.4 Å². The quantitative estimate of drug-likeness (QED) is 0.421. The Morgan fingerprint density at radius 1 is 1.36 bits per heavy atom. The first-order valence-corrected chi connectivity index (χ1v) is 6.76. The van der Waals surface area contributed by atoms with E-state index in [0.29, 0.717) is 5.52 Å². The Balaban J connectivity index is 2.32. The molecule has 0 bridgehead atoms. The molecule has 1 aromatic heterocycles. The summed E-state index contributed by atoms with van der Waals surface area (Å²) in [4.78, 5) is 40.6. The van der Waals surface area contributed by atoms with E-state index in [0.717, 1.165) is 4.57 Å². The molecule has 0 unspecified atom stereocenters. The van der Waals surface area contributed by atoms with Crippen molar-refractivity contribution in [2.24, 2.45) is 0 Å². The molecule has 3 N–H and O–H groups in total. The minimum atomic E-state index is -1.65. The fourth-order valence-corrected chi connectivity index (χ4v) is 2.77. The average molecular weight is 296 g/mol. The molecule has 8 heteroatoms. The number of nitrogens with zero attached hydrogens (tertiary/aromatic N) is 2. The molecule has 2 heterocycles. The van der Waals surface area contributed by atoms with Crippen molar-refractivity contribution < 1.29 is 9.59 Å². The minimum absolute atomic E-state index is 0.0261. The molecule has 1 aliphatic rings. The number of benzene rings is 1. The van der Waals surface area contributed by atoms with Gasteiger partial charge in [0.05, 0.1) is 16.3 Å². The van der Waals surface area contributed by atoms with Gasteiger partial charge in [-0.05, 0) is 25.5 Å².